The van der Waals surface area contributed by atoms with Crippen LogP contribution in [0.4, 0.5) is 0 Å². The van der Waals surface area contributed by atoms with Gasteiger partial charge in [0.2, 0.25) is 0 Å². The van der Waals surface area contributed by atoms with Crippen molar-refractivity contribution in [2.45, 2.75) is 46.6 Å². The summed E-state index contributed by atoms with van der Waals surface area (Å²) in [5.41, 5.74) is 8.33. The molecule has 112 valence electrons. The first kappa shape index (κ1) is 15.8. The van der Waals surface area contributed by atoms with Crippen molar-refractivity contribution in [3.63, 3.8) is 0 Å². The minimum Gasteiger partial charge on any atom is -0.309 e. The molecular weight excluding hydrogens is 254 g/mol. The molecule has 1 heteroatoms. The number of benzene rings is 2. The fourth-order valence-electron chi connectivity index (χ4n) is 3.08. The van der Waals surface area contributed by atoms with Gasteiger partial charge >= 0.3 is 0 Å². The third kappa shape index (κ3) is 3.36. The maximum atomic E-state index is 3.52. The van der Waals surface area contributed by atoms with Gasteiger partial charge in [-0.3, -0.25) is 0 Å². The van der Waals surface area contributed by atoms with Crippen molar-refractivity contribution >= 4 is 0 Å². The average molecular weight is 281 g/mol. The number of rotatable bonds is 5. The molecule has 0 aliphatic rings. The highest BCUT2D eigenvalue weighted by Gasteiger charge is 2.17. The van der Waals surface area contributed by atoms with Gasteiger partial charge in [-0.15, -0.1) is 0 Å². The summed E-state index contributed by atoms with van der Waals surface area (Å²) in [6.07, 6.45) is 2.16. The molecule has 1 atom stereocenters. The Morgan fingerprint density at radius 2 is 1.67 bits per heavy atom. The molecule has 0 amide bonds. The molecule has 0 fully saturated rings. The van der Waals surface area contributed by atoms with Gasteiger partial charge in [0.1, 0.15) is 0 Å². The predicted molar refractivity (Wildman–Crippen MR) is 92.0 cm³/mol. The molecule has 0 aliphatic heterocycles. The zero-order chi connectivity index (χ0) is 15.4. The van der Waals surface area contributed by atoms with Crippen molar-refractivity contribution < 1.29 is 0 Å². The Kier molecular flexibility index (Phi) is 5.19. The lowest BCUT2D eigenvalue weighted by atomic mass is 9.89. The van der Waals surface area contributed by atoms with E-state index in [0.29, 0.717) is 0 Å². The lowest BCUT2D eigenvalue weighted by molar-refractivity contribution is 0.678. The second kappa shape index (κ2) is 6.91. The predicted octanol–water partition coefficient (Wildman–Crippen LogP) is 4.74. The number of aryl methyl sites for hydroxylation is 4. The molecule has 21 heavy (non-hydrogen) atoms. The van der Waals surface area contributed by atoms with Crippen molar-refractivity contribution in [3.05, 3.63) is 69.8 Å². The number of hydrogen-bond acceptors (Lipinski definition) is 1. The van der Waals surface area contributed by atoms with Crippen LogP contribution in [0.2, 0.25) is 0 Å². The molecule has 1 nitrogen and oxygen atoms in total. The zero-order valence-corrected chi connectivity index (χ0v) is 14.0. The highest BCUT2D eigenvalue weighted by atomic mass is 14.9. The highest BCUT2D eigenvalue weighted by molar-refractivity contribution is 5.43. The second-order valence-electron chi connectivity index (χ2n) is 5.82. The molecule has 2 aromatic rings. The van der Waals surface area contributed by atoms with Crippen LogP contribution in [-0.4, -0.2) is 7.05 Å². The van der Waals surface area contributed by atoms with Crippen molar-refractivity contribution in [1.82, 2.24) is 5.32 Å². The number of hydrogen-bond donors (Lipinski definition) is 1. The first-order valence-electron chi connectivity index (χ1n) is 7.96. The maximum absolute atomic E-state index is 3.52. The van der Waals surface area contributed by atoms with E-state index < -0.39 is 0 Å². The Labute approximate surface area is 129 Å². The summed E-state index contributed by atoms with van der Waals surface area (Å²) in [5, 5.41) is 3.52. The van der Waals surface area contributed by atoms with Gasteiger partial charge in [0.05, 0.1) is 6.04 Å². The van der Waals surface area contributed by atoms with Crippen LogP contribution in [0.1, 0.15) is 53.3 Å². The van der Waals surface area contributed by atoms with Gasteiger partial charge < -0.3 is 5.32 Å². The Morgan fingerprint density at radius 1 is 0.905 bits per heavy atom. The van der Waals surface area contributed by atoms with Crippen molar-refractivity contribution in [2.24, 2.45) is 0 Å². The monoisotopic (exact) mass is 281 g/mol. The smallest absolute Gasteiger partial charge is 0.0579 e. The Hall–Kier alpha value is -1.60. The van der Waals surface area contributed by atoms with E-state index in [0.717, 1.165) is 12.8 Å². The summed E-state index contributed by atoms with van der Waals surface area (Å²) in [6, 6.07) is 14.0. The van der Waals surface area contributed by atoms with Crippen LogP contribution in [0.5, 0.6) is 0 Å². The minimum atomic E-state index is 0.270. The van der Waals surface area contributed by atoms with E-state index in [9.17, 15) is 0 Å². The molecule has 1 unspecified atom stereocenters. The third-order valence-corrected chi connectivity index (χ3v) is 4.34. The molecule has 0 spiro atoms. The fraction of sp³-hybridized carbons (Fsp3) is 0.400. The normalized spacial score (nSPS) is 12.4. The SMILES string of the molecule is CCc1ccc(CC)c(C(NC)c2ccc(C)cc2C)c1. The second-order valence-corrected chi connectivity index (χ2v) is 5.82. The Balaban J connectivity index is 2.54. The van der Waals surface area contributed by atoms with Gasteiger partial charge in [0, 0.05) is 0 Å². The van der Waals surface area contributed by atoms with Crippen LogP contribution < -0.4 is 5.32 Å². The molecule has 2 aromatic carbocycles. The largest absolute Gasteiger partial charge is 0.309 e. The third-order valence-electron chi connectivity index (χ3n) is 4.34. The summed E-state index contributed by atoms with van der Waals surface area (Å²) in [6.45, 7) is 8.82. The van der Waals surface area contributed by atoms with Gasteiger partial charge in [0.15, 0.2) is 0 Å². The number of nitrogens with one attached hydrogen (secondary N) is 1. The molecule has 0 radical (unpaired) electrons. The van der Waals surface area contributed by atoms with Crippen molar-refractivity contribution in [1.29, 1.82) is 0 Å². The fourth-order valence-corrected chi connectivity index (χ4v) is 3.08. The van der Waals surface area contributed by atoms with E-state index >= 15 is 0 Å². The van der Waals surface area contributed by atoms with E-state index in [1.807, 2.05) is 0 Å². The molecular formula is C20H27N. The van der Waals surface area contributed by atoms with Gasteiger partial charge in [-0.2, -0.15) is 0 Å². The van der Waals surface area contributed by atoms with Crippen LogP contribution in [0.15, 0.2) is 36.4 Å². The zero-order valence-electron chi connectivity index (χ0n) is 14.0. The van der Waals surface area contributed by atoms with Gasteiger partial charge in [0.25, 0.3) is 0 Å². The van der Waals surface area contributed by atoms with E-state index in [-0.39, 0.29) is 6.04 Å². The maximum Gasteiger partial charge on any atom is 0.0579 e. The van der Waals surface area contributed by atoms with Crippen LogP contribution in [0.25, 0.3) is 0 Å². The average Bonchev–Trinajstić information content (AvgIpc) is 2.49. The highest BCUT2D eigenvalue weighted by Crippen LogP contribution is 2.29. The van der Waals surface area contributed by atoms with Crippen LogP contribution in [-0.2, 0) is 12.8 Å². The Bertz CT molecular complexity index is 613. The lowest BCUT2D eigenvalue weighted by Crippen LogP contribution is -2.20. The first-order valence-corrected chi connectivity index (χ1v) is 7.96. The quantitative estimate of drug-likeness (QED) is 0.835. The molecule has 1 N–H and O–H groups in total. The molecule has 0 bridgehead atoms. The molecule has 0 saturated heterocycles. The summed E-state index contributed by atoms with van der Waals surface area (Å²) in [7, 11) is 2.06. The van der Waals surface area contributed by atoms with Gasteiger partial charge in [-0.25, -0.2) is 0 Å². The van der Waals surface area contributed by atoms with Crippen LogP contribution in [0, 0.1) is 13.8 Å². The van der Waals surface area contributed by atoms with E-state index in [4.69, 9.17) is 0 Å². The molecule has 0 aliphatic carbocycles. The summed E-state index contributed by atoms with van der Waals surface area (Å²) in [4.78, 5) is 0. The van der Waals surface area contributed by atoms with Crippen molar-refractivity contribution in [3.8, 4) is 0 Å². The lowest BCUT2D eigenvalue weighted by Gasteiger charge is -2.23. The summed E-state index contributed by atoms with van der Waals surface area (Å²) >= 11 is 0. The molecule has 0 aromatic heterocycles. The van der Waals surface area contributed by atoms with E-state index in [2.05, 4.69) is 76.5 Å². The van der Waals surface area contributed by atoms with Gasteiger partial charge in [-0.05, 0) is 61.6 Å². The molecule has 2 rings (SSSR count). The minimum absolute atomic E-state index is 0.270. The molecule has 0 saturated carbocycles. The van der Waals surface area contributed by atoms with E-state index in [1.165, 1.54) is 33.4 Å². The Morgan fingerprint density at radius 3 is 2.24 bits per heavy atom. The van der Waals surface area contributed by atoms with Crippen molar-refractivity contribution in [2.75, 3.05) is 7.05 Å². The van der Waals surface area contributed by atoms with Gasteiger partial charge in [-0.1, -0.05) is 55.8 Å². The van der Waals surface area contributed by atoms with Crippen LogP contribution >= 0.6 is 0 Å². The first-order chi connectivity index (χ1) is 10.1. The van der Waals surface area contributed by atoms with E-state index in [1.54, 1.807) is 0 Å². The summed E-state index contributed by atoms with van der Waals surface area (Å²) < 4.78 is 0. The summed E-state index contributed by atoms with van der Waals surface area (Å²) in [5.74, 6) is 0. The topological polar surface area (TPSA) is 12.0 Å². The molecule has 0 heterocycles. The standard InChI is InChI=1S/C20H27N/c1-6-16-9-10-17(7-2)19(13-16)20(21-5)18-11-8-14(3)12-15(18)4/h8-13,20-21H,6-7H2,1-5H3. The van der Waals surface area contributed by atoms with Crippen LogP contribution in [0.3, 0.4) is 0 Å².